The summed E-state index contributed by atoms with van der Waals surface area (Å²) in [6, 6.07) is 20.3. The molecule has 0 fully saturated rings. The van der Waals surface area contributed by atoms with Gasteiger partial charge < -0.3 is 4.72 Å². The molecule has 0 radical (unpaired) electrons. The number of benzene rings is 3. The molecule has 0 aliphatic carbocycles. The molecule has 0 saturated heterocycles. The van der Waals surface area contributed by atoms with Crippen LogP contribution < -0.4 is 4.72 Å². The van der Waals surface area contributed by atoms with Gasteiger partial charge in [0.1, 0.15) is 11.6 Å². The lowest BCUT2D eigenvalue weighted by Gasteiger charge is -2.10. The van der Waals surface area contributed by atoms with Crippen molar-refractivity contribution in [2.75, 3.05) is 4.72 Å². The van der Waals surface area contributed by atoms with Crippen LogP contribution in [0.3, 0.4) is 0 Å². The minimum absolute atomic E-state index is 0.235. The third-order valence-corrected chi connectivity index (χ3v) is 4.26. The van der Waals surface area contributed by atoms with E-state index in [-0.39, 0.29) is 10.6 Å². The van der Waals surface area contributed by atoms with Gasteiger partial charge in [-0.05, 0) is 53.4 Å². The van der Waals surface area contributed by atoms with E-state index in [1.807, 2.05) is 36.4 Å². The van der Waals surface area contributed by atoms with Crippen molar-refractivity contribution >= 4 is 17.6 Å². The van der Waals surface area contributed by atoms with Gasteiger partial charge in [0.2, 0.25) is 0 Å². The van der Waals surface area contributed by atoms with E-state index in [1.54, 1.807) is 12.1 Å². The van der Waals surface area contributed by atoms with Crippen molar-refractivity contribution in [1.29, 1.82) is 5.26 Å². The Bertz CT molecular complexity index is 905. The van der Waals surface area contributed by atoms with Crippen LogP contribution >= 0.6 is 11.9 Å². The Kier molecular flexibility index (Phi) is 4.78. The maximum absolute atomic E-state index is 14.0. The molecule has 5 heteroatoms. The standard InChI is InChI=1S/C19H12F2N2S/c20-16-9-7-15(14-4-2-1-3-5-14)11-18(16)23-24-19-10-13(12-22)6-8-17(19)21/h1-11,23H. The molecule has 118 valence electrons. The van der Waals surface area contributed by atoms with Crippen LogP contribution in [0.5, 0.6) is 0 Å². The van der Waals surface area contributed by atoms with E-state index in [2.05, 4.69) is 4.72 Å². The molecule has 2 nitrogen and oxygen atoms in total. The van der Waals surface area contributed by atoms with Crippen LogP contribution in [0.15, 0.2) is 71.6 Å². The van der Waals surface area contributed by atoms with E-state index in [0.29, 0.717) is 5.56 Å². The molecule has 3 aromatic carbocycles. The van der Waals surface area contributed by atoms with Crippen LogP contribution in [-0.2, 0) is 0 Å². The molecular weight excluding hydrogens is 326 g/mol. The molecular formula is C19H12F2N2S. The minimum Gasteiger partial charge on any atom is -0.323 e. The first-order valence-electron chi connectivity index (χ1n) is 7.15. The zero-order chi connectivity index (χ0) is 16.9. The zero-order valence-electron chi connectivity index (χ0n) is 12.5. The molecule has 3 aromatic rings. The third-order valence-electron chi connectivity index (χ3n) is 3.40. The number of anilines is 1. The Labute approximate surface area is 142 Å². The fourth-order valence-electron chi connectivity index (χ4n) is 2.17. The molecule has 0 amide bonds. The summed E-state index contributed by atoms with van der Waals surface area (Å²) in [5.74, 6) is -0.898. The smallest absolute Gasteiger partial charge is 0.147 e. The largest absolute Gasteiger partial charge is 0.323 e. The molecule has 3 rings (SSSR count). The molecule has 0 aliphatic rings. The Morgan fingerprint density at radius 3 is 2.33 bits per heavy atom. The molecule has 0 saturated carbocycles. The summed E-state index contributed by atoms with van der Waals surface area (Å²) >= 11 is 0.932. The molecule has 0 bridgehead atoms. The van der Waals surface area contributed by atoms with Gasteiger partial charge in [0.15, 0.2) is 0 Å². The highest BCUT2D eigenvalue weighted by Crippen LogP contribution is 2.29. The number of nitriles is 1. The number of rotatable bonds is 4. The van der Waals surface area contributed by atoms with Crippen molar-refractivity contribution in [3.63, 3.8) is 0 Å². The Morgan fingerprint density at radius 1 is 0.833 bits per heavy atom. The summed E-state index contributed by atoms with van der Waals surface area (Å²) in [5.41, 5.74) is 2.41. The van der Waals surface area contributed by atoms with E-state index >= 15 is 0 Å². The predicted molar refractivity (Wildman–Crippen MR) is 92.4 cm³/mol. The van der Waals surface area contributed by atoms with Gasteiger partial charge in [-0.1, -0.05) is 36.4 Å². The number of nitrogens with zero attached hydrogens (tertiary/aromatic N) is 1. The topological polar surface area (TPSA) is 35.8 Å². The molecule has 0 aromatic heterocycles. The van der Waals surface area contributed by atoms with Crippen LogP contribution in [0.2, 0.25) is 0 Å². The Morgan fingerprint density at radius 2 is 1.58 bits per heavy atom. The van der Waals surface area contributed by atoms with Gasteiger partial charge in [0.25, 0.3) is 0 Å². The van der Waals surface area contributed by atoms with Crippen molar-refractivity contribution in [3.8, 4) is 17.2 Å². The third kappa shape index (κ3) is 3.55. The van der Waals surface area contributed by atoms with E-state index in [9.17, 15) is 8.78 Å². The Hall–Kier alpha value is -2.84. The number of hydrogen-bond donors (Lipinski definition) is 1. The fraction of sp³-hybridized carbons (Fsp3) is 0. The van der Waals surface area contributed by atoms with Crippen molar-refractivity contribution in [1.82, 2.24) is 0 Å². The summed E-state index contributed by atoms with van der Waals surface area (Å²) in [6.45, 7) is 0. The first-order chi connectivity index (χ1) is 11.7. The van der Waals surface area contributed by atoms with E-state index in [4.69, 9.17) is 5.26 Å². The van der Waals surface area contributed by atoms with Crippen LogP contribution in [0.25, 0.3) is 11.1 Å². The highest BCUT2D eigenvalue weighted by Gasteiger charge is 2.09. The first kappa shape index (κ1) is 16.0. The van der Waals surface area contributed by atoms with Gasteiger partial charge in [-0.3, -0.25) is 0 Å². The van der Waals surface area contributed by atoms with Gasteiger partial charge in [-0.2, -0.15) is 5.26 Å². The summed E-state index contributed by atoms with van der Waals surface area (Å²) in [7, 11) is 0. The normalized spacial score (nSPS) is 10.2. The van der Waals surface area contributed by atoms with Crippen molar-refractivity contribution in [3.05, 3.63) is 83.9 Å². The van der Waals surface area contributed by atoms with Gasteiger partial charge in [-0.15, -0.1) is 0 Å². The quantitative estimate of drug-likeness (QED) is 0.627. The van der Waals surface area contributed by atoms with Crippen LogP contribution in [0.4, 0.5) is 14.5 Å². The van der Waals surface area contributed by atoms with Gasteiger partial charge in [-0.25, -0.2) is 8.78 Å². The maximum Gasteiger partial charge on any atom is 0.147 e. The van der Waals surface area contributed by atoms with E-state index in [1.165, 1.54) is 24.3 Å². The van der Waals surface area contributed by atoms with Gasteiger partial charge in [0.05, 0.1) is 22.2 Å². The molecule has 0 atom stereocenters. The second-order valence-electron chi connectivity index (χ2n) is 5.02. The summed E-state index contributed by atoms with van der Waals surface area (Å²) in [4.78, 5) is 0.235. The summed E-state index contributed by atoms with van der Waals surface area (Å²) in [6.07, 6.45) is 0. The maximum atomic E-state index is 14.0. The highest BCUT2D eigenvalue weighted by atomic mass is 32.2. The van der Waals surface area contributed by atoms with E-state index < -0.39 is 11.6 Å². The average Bonchev–Trinajstić information content (AvgIpc) is 2.63. The fourth-order valence-corrected chi connectivity index (χ4v) is 2.90. The molecule has 0 heterocycles. The predicted octanol–water partition coefficient (Wildman–Crippen LogP) is 5.62. The average molecular weight is 338 g/mol. The Balaban J connectivity index is 1.84. The first-order valence-corrected chi connectivity index (χ1v) is 7.96. The SMILES string of the molecule is N#Cc1ccc(F)c(SNc2cc(-c3ccccc3)ccc2F)c1. The molecule has 0 unspecified atom stereocenters. The van der Waals surface area contributed by atoms with Crippen molar-refractivity contribution in [2.45, 2.75) is 4.90 Å². The van der Waals surface area contributed by atoms with Gasteiger partial charge >= 0.3 is 0 Å². The van der Waals surface area contributed by atoms with Crippen LogP contribution in [-0.4, -0.2) is 0 Å². The zero-order valence-corrected chi connectivity index (χ0v) is 13.3. The number of halogens is 2. The lowest BCUT2D eigenvalue weighted by molar-refractivity contribution is 0.602. The van der Waals surface area contributed by atoms with Crippen LogP contribution in [0, 0.1) is 23.0 Å². The summed E-state index contributed by atoms with van der Waals surface area (Å²) in [5, 5.41) is 8.88. The number of nitrogens with one attached hydrogen (secondary N) is 1. The van der Waals surface area contributed by atoms with Crippen LogP contribution in [0.1, 0.15) is 5.56 Å². The van der Waals surface area contributed by atoms with Crippen molar-refractivity contribution in [2.24, 2.45) is 0 Å². The molecule has 1 N–H and O–H groups in total. The molecule has 24 heavy (non-hydrogen) atoms. The second kappa shape index (κ2) is 7.16. The monoisotopic (exact) mass is 338 g/mol. The van der Waals surface area contributed by atoms with Crippen molar-refractivity contribution < 1.29 is 8.78 Å². The summed E-state index contributed by atoms with van der Waals surface area (Å²) < 4.78 is 30.6. The lowest BCUT2D eigenvalue weighted by atomic mass is 10.1. The minimum atomic E-state index is -0.467. The molecule has 0 spiro atoms. The highest BCUT2D eigenvalue weighted by molar-refractivity contribution is 8.00. The lowest BCUT2D eigenvalue weighted by Crippen LogP contribution is -1.94. The molecule has 0 aliphatic heterocycles. The number of hydrogen-bond acceptors (Lipinski definition) is 3. The van der Waals surface area contributed by atoms with E-state index in [0.717, 1.165) is 23.1 Å². The van der Waals surface area contributed by atoms with Gasteiger partial charge in [0, 0.05) is 0 Å². The second-order valence-corrected chi connectivity index (χ2v) is 5.87.